The summed E-state index contributed by atoms with van der Waals surface area (Å²) in [6, 6.07) is 6.06. The minimum Gasteiger partial charge on any atom is -0.339 e. The standard InChI is InChI=1S/C13H19N5/c1-10-4-2-6-12-15-13(16-18(10)12)17-7-3-5-11(8-14)9-17/h2,4,6,11H,3,5,7-9,14H2,1H3. The van der Waals surface area contributed by atoms with Crippen molar-refractivity contribution >= 4 is 11.6 Å². The summed E-state index contributed by atoms with van der Waals surface area (Å²) in [5.74, 6) is 1.41. The van der Waals surface area contributed by atoms with E-state index in [1.165, 1.54) is 12.8 Å². The third-order valence-corrected chi connectivity index (χ3v) is 3.67. The van der Waals surface area contributed by atoms with Gasteiger partial charge in [0, 0.05) is 18.8 Å². The van der Waals surface area contributed by atoms with Gasteiger partial charge in [-0.25, -0.2) is 4.52 Å². The number of nitrogens with zero attached hydrogens (tertiary/aromatic N) is 4. The van der Waals surface area contributed by atoms with Crippen molar-refractivity contribution in [3.05, 3.63) is 23.9 Å². The van der Waals surface area contributed by atoms with Gasteiger partial charge in [0.05, 0.1) is 0 Å². The monoisotopic (exact) mass is 245 g/mol. The molecule has 1 aliphatic heterocycles. The number of aromatic nitrogens is 3. The van der Waals surface area contributed by atoms with Crippen LogP contribution in [-0.2, 0) is 0 Å². The topological polar surface area (TPSA) is 59.5 Å². The normalized spacial score (nSPS) is 20.6. The molecule has 5 nitrogen and oxygen atoms in total. The molecule has 1 aliphatic rings. The molecule has 18 heavy (non-hydrogen) atoms. The summed E-state index contributed by atoms with van der Waals surface area (Å²) in [7, 11) is 0. The van der Waals surface area contributed by atoms with Crippen LogP contribution in [0.2, 0.25) is 0 Å². The molecule has 0 spiro atoms. The predicted octanol–water partition coefficient (Wildman–Crippen LogP) is 1.21. The smallest absolute Gasteiger partial charge is 0.245 e. The van der Waals surface area contributed by atoms with E-state index in [1.807, 2.05) is 29.6 Å². The summed E-state index contributed by atoms with van der Waals surface area (Å²) in [6.07, 6.45) is 2.40. The number of rotatable bonds is 2. The Bertz CT molecular complexity index is 547. The molecule has 5 heteroatoms. The van der Waals surface area contributed by atoms with Crippen LogP contribution in [0.3, 0.4) is 0 Å². The minimum atomic E-state index is 0.575. The summed E-state index contributed by atoms with van der Waals surface area (Å²) < 4.78 is 1.90. The minimum absolute atomic E-state index is 0.575. The van der Waals surface area contributed by atoms with Gasteiger partial charge in [0.2, 0.25) is 5.95 Å². The molecule has 2 aromatic heterocycles. The lowest BCUT2D eigenvalue weighted by molar-refractivity contribution is 0.419. The van der Waals surface area contributed by atoms with Crippen molar-refractivity contribution in [3.63, 3.8) is 0 Å². The number of hydrogen-bond donors (Lipinski definition) is 1. The van der Waals surface area contributed by atoms with E-state index in [4.69, 9.17) is 5.73 Å². The zero-order valence-electron chi connectivity index (χ0n) is 10.7. The second-order valence-corrected chi connectivity index (χ2v) is 5.04. The van der Waals surface area contributed by atoms with E-state index >= 15 is 0 Å². The zero-order valence-corrected chi connectivity index (χ0v) is 10.7. The predicted molar refractivity (Wildman–Crippen MR) is 71.7 cm³/mol. The highest BCUT2D eigenvalue weighted by molar-refractivity contribution is 5.45. The second kappa shape index (κ2) is 4.57. The van der Waals surface area contributed by atoms with Crippen LogP contribution >= 0.6 is 0 Å². The molecule has 0 amide bonds. The summed E-state index contributed by atoms with van der Waals surface area (Å²) in [5.41, 5.74) is 7.80. The Labute approximate surface area is 107 Å². The fourth-order valence-corrected chi connectivity index (χ4v) is 2.60. The fourth-order valence-electron chi connectivity index (χ4n) is 2.60. The van der Waals surface area contributed by atoms with E-state index < -0.39 is 0 Å². The first-order valence-corrected chi connectivity index (χ1v) is 6.55. The first kappa shape index (κ1) is 11.5. The highest BCUT2D eigenvalue weighted by atomic mass is 15.4. The van der Waals surface area contributed by atoms with Gasteiger partial charge in [-0.3, -0.25) is 0 Å². The lowest BCUT2D eigenvalue weighted by atomic mass is 9.99. The Hall–Kier alpha value is -1.62. The second-order valence-electron chi connectivity index (χ2n) is 5.04. The molecule has 3 rings (SSSR count). The van der Waals surface area contributed by atoms with Gasteiger partial charge < -0.3 is 10.6 Å². The van der Waals surface area contributed by atoms with Crippen molar-refractivity contribution < 1.29 is 0 Å². The van der Waals surface area contributed by atoms with E-state index in [2.05, 4.69) is 15.0 Å². The molecule has 96 valence electrons. The van der Waals surface area contributed by atoms with Crippen LogP contribution in [-0.4, -0.2) is 34.2 Å². The van der Waals surface area contributed by atoms with Crippen molar-refractivity contribution in [3.8, 4) is 0 Å². The molecule has 2 aromatic rings. The SMILES string of the molecule is Cc1cccc2nc(N3CCCC(CN)C3)nn12. The summed E-state index contributed by atoms with van der Waals surface area (Å²) in [5, 5.41) is 4.60. The summed E-state index contributed by atoms with van der Waals surface area (Å²) in [6.45, 7) is 4.81. The van der Waals surface area contributed by atoms with Crippen molar-refractivity contribution in [1.82, 2.24) is 14.6 Å². The Morgan fingerprint density at radius 1 is 1.44 bits per heavy atom. The molecule has 0 saturated carbocycles. The number of aryl methyl sites for hydroxylation is 1. The van der Waals surface area contributed by atoms with Crippen molar-refractivity contribution in [1.29, 1.82) is 0 Å². The van der Waals surface area contributed by atoms with E-state index in [-0.39, 0.29) is 0 Å². The Kier molecular flexibility index (Phi) is 2.91. The number of hydrogen-bond acceptors (Lipinski definition) is 4. The van der Waals surface area contributed by atoms with Crippen LogP contribution < -0.4 is 10.6 Å². The zero-order chi connectivity index (χ0) is 12.5. The summed E-state index contributed by atoms with van der Waals surface area (Å²) in [4.78, 5) is 6.86. The summed E-state index contributed by atoms with van der Waals surface area (Å²) >= 11 is 0. The maximum absolute atomic E-state index is 5.77. The Morgan fingerprint density at radius 3 is 3.11 bits per heavy atom. The van der Waals surface area contributed by atoms with Crippen LogP contribution in [0.15, 0.2) is 18.2 Å². The molecule has 1 atom stereocenters. The van der Waals surface area contributed by atoms with E-state index in [0.717, 1.165) is 36.9 Å². The number of anilines is 1. The molecule has 1 unspecified atom stereocenters. The Balaban J connectivity index is 1.92. The molecule has 3 heterocycles. The maximum Gasteiger partial charge on any atom is 0.245 e. The highest BCUT2D eigenvalue weighted by Gasteiger charge is 2.21. The average molecular weight is 245 g/mol. The van der Waals surface area contributed by atoms with Crippen LogP contribution in [0.4, 0.5) is 5.95 Å². The van der Waals surface area contributed by atoms with Gasteiger partial charge in [-0.15, -0.1) is 5.10 Å². The lowest BCUT2D eigenvalue weighted by Crippen LogP contribution is -2.39. The fraction of sp³-hybridized carbons (Fsp3) is 0.538. The molecule has 1 fully saturated rings. The van der Waals surface area contributed by atoms with Gasteiger partial charge in [-0.1, -0.05) is 6.07 Å². The van der Waals surface area contributed by atoms with E-state index in [9.17, 15) is 0 Å². The number of piperidine rings is 1. The van der Waals surface area contributed by atoms with Crippen LogP contribution in [0.25, 0.3) is 5.65 Å². The van der Waals surface area contributed by atoms with Gasteiger partial charge in [-0.05, 0) is 44.4 Å². The van der Waals surface area contributed by atoms with Crippen LogP contribution in [0.5, 0.6) is 0 Å². The first-order valence-electron chi connectivity index (χ1n) is 6.55. The van der Waals surface area contributed by atoms with Gasteiger partial charge in [0.15, 0.2) is 5.65 Å². The van der Waals surface area contributed by atoms with E-state index in [1.54, 1.807) is 0 Å². The van der Waals surface area contributed by atoms with Gasteiger partial charge >= 0.3 is 0 Å². The quantitative estimate of drug-likeness (QED) is 0.864. The van der Waals surface area contributed by atoms with Gasteiger partial charge in [0.25, 0.3) is 0 Å². The maximum atomic E-state index is 5.77. The molecule has 2 N–H and O–H groups in total. The van der Waals surface area contributed by atoms with Gasteiger partial charge in [-0.2, -0.15) is 4.98 Å². The average Bonchev–Trinajstić information content (AvgIpc) is 2.84. The molecule has 0 aliphatic carbocycles. The van der Waals surface area contributed by atoms with Gasteiger partial charge in [0.1, 0.15) is 0 Å². The molecular weight excluding hydrogens is 226 g/mol. The van der Waals surface area contributed by atoms with Crippen molar-refractivity contribution in [2.75, 3.05) is 24.5 Å². The van der Waals surface area contributed by atoms with Crippen LogP contribution in [0.1, 0.15) is 18.5 Å². The van der Waals surface area contributed by atoms with Crippen LogP contribution in [0, 0.1) is 12.8 Å². The molecule has 0 radical (unpaired) electrons. The molecular formula is C13H19N5. The highest BCUT2D eigenvalue weighted by Crippen LogP contribution is 2.20. The molecule has 0 bridgehead atoms. The number of nitrogens with two attached hydrogens (primary N) is 1. The third kappa shape index (κ3) is 1.95. The largest absolute Gasteiger partial charge is 0.339 e. The molecule has 1 saturated heterocycles. The molecule has 0 aromatic carbocycles. The number of fused-ring (bicyclic) bond motifs is 1. The van der Waals surface area contributed by atoms with Crippen molar-refractivity contribution in [2.45, 2.75) is 19.8 Å². The van der Waals surface area contributed by atoms with Crippen molar-refractivity contribution in [2.24, 2.45) is 11.7 Å². The van der Waals surface area contributed by atoms with E-state index in [0.29, 0.717) is 5.92 Å². The first-order chi connectivity index (χ1) is 8.78. The lowest BCUT2D eigenvalue weighted by Gasteiger charge is -2.31. The third-order valence-electron chi connectivity index (χ3n) is 3.67. The Morgan fingerprint density at radius 2 is 2.33 bits per heavy atom. The number of pyridine rings is 1.